The Morgan fingerprint density at radius 1 is 0.781 bits per heavy atom. The van der Waals surface area contributed by atoms with Gasteiger partial charge in [0.2, 0.25) is 21.5 Å². The molecule has 2 heterocycles. The molecule has 24 heteroatoms. The van der Waals surface area contributed by atoms with E-state index in [1.165, 1.54) is 73.8 Å². The van der Waals surface area contributed by atoms with Crippen LogP contribution in [0.3, 0.4) is 0 Å². The van der Waals surface area contributed by atoms with Crippen molar-refractivity contribution in [3.05, 3.63) is 131 Å². The van der Waals surface area contributed by atoms with Crippen LogP contribution in [0.15, 0.2) is 124 Å². The first-order chi connectivity index (χ1) is 33.6. The van der Waals surface area contributed by atoms with Gasteiger partial charge in [-0.3, -0.25) is 18.5 Å². The molecular formula is C49H56F3N3O14S4. The molecule has 17 nitrogen and oxygen atoms in total. The Morgan fingerprint density at radius 2 is 1.40 bits per heavy atom. The Balaban J connectivity index is 1.52. The largest absolute Gasteiger partial charge is 0.550 e. The minimum absolute atomic E-state index is 0.0199. The number of carboxylic acid groups (broad SMARTS) is 1. The molecule has 1 atom stereocenters. The van der Waals surface area contributed by atoms with Gasteiger partial charge in [0.15, 0.2) is 5.71 Å². The van der Waals surface area contributed by atoms with Gasteiger partial charge in [0, 0.05) is 67.0 Å². The lowest BCUT2D eigenvalue weighted by Crippen LogP contribution is -2.46. The molecule has 73 heavy (non-hydrogen) atoms. The maximum absolute atomic E-state index is 15.0. The minimum atomic E-state index is -5.33. The summed E-state index contributed by atoms with van der Waals surface area (Å²) in [7, 11) is -16.4. The first kappa shape index (κ1) is 56.9. The molecule has 6 rings (SSSR count). The highest BCUT2D eigenvalue weighted by molar-refractivity contribution is 7.89. The molecule has 0 saturated heterocycles. The third-order valence-corrected chi connectivity index (χ3v) is 17.8. The van der Waals surface area contributed by atoms with Crippen LogP contribution in [0.1, 0.15) is 82.9 Å². The fourth-order valence-corrected chi connectivity index (χ4v) is 12.6. The van der Waals surface area contributed by atoms with Crippen LogP contribution < -0.4 is 10.0 Å². The third kappa shape index (κ3) is 12.6. The van der Waals surface area contributed by atoms with Crippen molar-refractivity contribution < 1.29 is 79.8 Å². The molecule has 3 aromatic carbocycles. The second-order valence-electron chi connectivity index (χ2n) is 19.3. The molecule has 0 saturated carbocycles. The lowest BCUT2D eigenvalue weighted by Gasteiger charge is -2.37. The number of alkyl halides is 3. The molecule has 0 spiro atoms. The Bertz CT molecular complexity index is 3330. The highest BCUT2D eigenvalue weighted by Gasteiger charge is 2.55. The van der Waals surface area contributed by atoms with Crippen molar-refractivity contribution in [2.75, 3.05) is 43.1 Å². The van der Waals surface area contributed by atoms with Gasteiger partial charge in [-0.1, -0.05) is 62.4 Å². The number of hydrogen-bond donors (Lipinski definition) is 3. The van der Waals surface area contributed by atoms with E-state index in [1.54, 1.807) is 61.5 Å². The summed E-state index contributed by atoms with van der Waals surface area (Å²) in [4.78, 5) is 26.1. The number of hydrogen-bond acceptors (Lipinski definition) is 12. The van der Waals surface area contributed by atoms with Crippen LogP contribution in [0.4, 0.5) is 24.5 Å². The molecule has 1 aliphatic carbocycles. The van der Waals surface area contributed by atoms with Crippen LogP contribution >= 0.6 is 0 Å². The van der Waals surface area contributed by atoms with E-state index in [9.17, 15) is 75.2 Å². The van der Waals surface area contributed by atoms with Crippen molar-refractivity contribution >= 4 is 69.2 Å². The van der Waals surface area contributed by atoms with E-state index in [4.69, 9.17) is 0 Å². The second-order valence-corrected chi connectivity index (χ2v) is 25.9. The number of carbonyl (C=O) groups is 2. The summed E-state index contributed by atoms with van der Waals surface area (Å²) >= 11 is 0. The van der Waals surface area contributed by atoms with Crippen molar-refractivity contribution in [2.24, 2.45) is 0 Å². The van der Waals surface area contributed by atoms with Gasteiger partial charge in [0.25, 0.3) is 30.4 Å². The van der Waals surface area contributed by atoms with Gasteiger partial charge < -0.3 is 14.8 Å². The number of Topliss-reactive ketones (excluding diaryl/α,β-unsaturated/α-hetero) is 1. The second kappa shape index (κ2) is 20.8. The van der Waals surface area contributed by atoms with Crippen LogP contribution in [-0.2, 0) is 66.2 Å². The summed E-state index contributed by atoms with van der Waals surface area (Å²) in [6, 6.07) is 15.5. The molecule has 0 amide bonds. The molecule has 0 fully saturated rings. The molecular weight excluding hydrogens is 1040 g/mol. The van der Waals surface area contributed by atoms with E-state index in [-0.39, 0.29) is 66.9 Å². The van der Waals surface area contributed by atoms with Gasteiger partial charge in [-0.2, -0.15) is 43.0 Å². The number of aliphatic carboxylic acids is 1. The normalized spacial score (nSPS) is 20.3. The highest BCUT2D eigenvalue weighted by Crippen LogP contribution is 2.50. The molecule has 396 valence electrons. The zero-order valence-corrected chi connectivity index (χ0v) is 43.7. The monoisotopic (exact) mass is 1100 g/mol. The number of ketones is 1. The van der Waals surface area contributed by atoms with Crippen molar-refractivity contribution in [3.63, 3.8) is 0 Å². The molecule has 0 radical (unpaired) electrons. The predicted molar refractivity (Wildman–Crippen MR) is 264 cm³/mol. The summed E-state index contributed by atoms with van der Waals surface area (Å²) < 4.78 is 176. The number of allylic oxidation sites excluding steroid dienone is 8. The molecule has 3 aliphatic rings. The fraction of sp³-hybridized carbons (Fsp3) is 0.408. The Labute approximate surface area is 423 Å². The molecule has 3 N–H and O–H groups in total. The van der Waals surface area contributed by atoms with Gasteiger partial charge in [-0.25, -0.2) is 12.7 Å². The maximum atomic E-state index is 15.0. The zero-order chi connectivity index (χ0) is 54.3. The third-order valence-electron chi connectivity index (χ3n) is 13.5. The van der Waals surface area contributed by atoms with Gasteiger partial charge >= 0.3 is 6.18 Å². The Morgan fingerprint density at radius 3 is 2.00 bits per heavy atom. The average Bonchev–Trinajstić information content (AvgIpc) is 3.62. The first-order valence-corrected chi connectivity index (χ1v) is 28.9. The quantitative estimate of drug-likeness (QED) is 0.0869. The molecule has 2 aliphatic heterocycles. The predicted octanol–water partition coefficient (Wildman–Crippen LogP) is 5.97. The number of anilines is 1. The van der Waals surface area contributed by atoms with Crippen LogP contribution in [0.25, 0.3) is 0 Å². The summed E-state index contributed by atoms with van der Waals surface area (Å²) in [6.45, 7) is 6.74. The van der Waals surface area contributed by atoms with Crippen molar-refractivity contribution in [2.45, 2.75) is 98.4 Å². The number of fused-ring (bicyclic) bond motifs is 2. The van der Waals surface area contributed by atoms with E-state index in [1.807, 2.05) is 0 Å². The SMILES string of the molecule is CN(CCCC(=O)[O-])S(=O)(=O)c1ccc2c(c1)C(C)(C)C(/C=C/C1=CC(=C/C=C3/N(CCCS(=O)(=O)O)c4ccc(S(=O)(=O)O)cc4C3(C)C)/CC(C(=O)C(F)(F)F)(c3ccccc3)C1)=[N+]2CCCS(=O)(=O)O. The smallest absolute Gasteiger partial charge is 0.450 e. The Hall–Kier alpha value is -5.34. The number of carboxylic acids is 1. The molecule has 1 unspecified atom stereocenters. The average molecular weight is 1100 g/mol. The van der Waals surface area contributed by atoms with Gasteiger partial charge in [0.1, 0.15) is 6.54 Å². The van der Waals surface area contributed by atoms with E-state index in [2.05, 4.69) is 0 Å². The van der Waals surface area contributed by atoms with E-state index in [0.29, 0.717) is 33.9 Å². The highest BCUT2D eigenvalue weighted by atomic mass is 32.2. The number of benzene rings is 3. The molecule has 0 aromatic heterocycles. The Kier molecular flexibility index (Phi) is 16.2. The minimum Gasteiger partial charge on any atom is -0.550 e. The number of halogens is 3. The lowest BCUT2D eigenvalue weighted by molar-refractivity contribution is -0.437. The van der Waals surface area contributed by atoms with Crippen LogP contribution in [-0.4, -0.2) is 118 Å². The zero-order valence-electron chi connectivity index (χ0n) is 40.5. The molecule has 3 aromatic rings. The van der Waals surface area contributed by atoms with Crippen molar-refractivity contribution in [1.29, 1.82) is 0 Å². The van der Waals surface area contributed by atoms with Crippen LogP contribution in [0.2, 0.25) is 0 Å². The van der Waals surface area contributed by atoms with Crippen molar-refractivity contribution in [1.82, 2.24) is 4.31 Å². The van der Waals surface area contributed by atoms with Crippen LogP contribution in [0, 0.1) is 0 Å². The number of nitrogens with zero attached hydrogens (tertiary/aromatic N) is 3. The summed E-state index contributed by atoms with van der Waals surface area (Å²) in [5.41, 5.74) is -1.29. The van der Waals surface area contributed by atoms with Gasteiger partial charge in [0.05, 0.1) is 32.1 Å². The summed E-state index contributed by atoms with van der Waals surface area (Å²) in [6.07, 6.45) is 0.924. The molecule has 0 bridgehead atoms. The van der Waals surface area contributed by atoms with Gasteiger partial charge in [-0.05, 0) is 105 Å². The van der Waals surface area contributed by atoms with E-state index >= 15 is 0 Å². The van der Waals surface area contributed by atoms with Crippen molar-refractivity contribution in [3.8, 4) is 0 Å². The topological polar surface area (TPSA) is 264 Å². The van der Waals surface area contributed by atoms with E-state index < -0.39 is 104 Å². The van der Waals surface area contributed by atoms with E-state index in [0.717, 1.165) is 10.4 Å². The standard InChI is InChI=1S/C49H56F3N3O14S4/c1-46(2)38-29-36(72(65,66)53(5)23-9-14-44(56)57)17-19-40(38)54(24-10-26-70(59,60)61)42(46)21-15-33-28-34(32-48(31-33,45(58)49(50,51)52)35-12-7-6-8-13-35)16-22-43-47(3,4)39-30-37(73(67,68)69)18-20-41(39)55(43)25-11-27-71(62,63)64/h6-8,12-13,15-22,28-30H,9-11,14,23-27,31-32H2,1-5H3,(H3-,56,57,59,60,61,62,63,64,67,68,69). The number of rotatable bonds is 20. The fourth-order valence-electron chi connectivity index (χ4n) is 9.88. The number of carbonyl (C=O) groups excluding carboxylic acids is 2. The lowest BCUT2D eigenvalue weighted by atomic mass is 9.65. The first-order valence-electron chi connectivity index (χ1n) is 22.8. The summed E-state index contributed by atoms with van der Waals surface area (Å²) in [5.74, 6) is -4.66. The van der Waals surface area contributed by atoms with Crippen LogP contribution in [0.5, 0.6) is 0 Å². The maximum Gasteiger partial charge on any atom is 0.450 e. The van der Waals surface area contributed by atoms with Gasteiger partial charge in [-0.15, -0.1) is 0 Å². The number of sulfonamides is 1. The summed E-state index contributed by atoms with van der Waals surface area (Å²) in [5, 5.41) is 11.0.